The van der Waals surface area contributed by atoms with Gasteiger partial charge in [-0.2, -0.15) is 5.26 Å². The van der Waals surface area contributed by atoms with E-state index < -0.39 is 5.82 Å². The van der Waals surface area contributed by atoms with Gasteiger partial charge < -0.3 is 16.0 Å². The zero-order valence-electron chi connectivity index (χ0n) is 12.4. The average molecular weight is 292 g/mol. The number of nitrogens with zero attached hydrogens (tertiary/aromatic N) is 2. The molecule has 0 heterocycles. The molecule has 0 bridgehead atoms. The van der Waals surface area contributed by atoms with E-state index >= 15 is 0 Å². The highest BCUT2D eigenvalue weighted by molar-refractivity contribution is 5.93. The van der Waals surface area contributed by atoms with Crippen molar-refractivity contribution in [1.29, 1.82) is 5.26 Å². The molecule has 0 saturated heterocycles. The van der Waals surface area contributed by atoms with Crippen LogP contribution in [0.15, 0.2) is 18.2 Å². The molecule has 1 aromatic carbocycles. The van der Waals surface area contributed by atoms with Gasteiger partial charge in [0.05, 0.1) is 23.9 Å². The van der Waals surface area contributed by atoms with E-state index in [9.17, 15) is 9.18 Å². The highest BCUT2D eigenvalue weighted by Crippen LogP contribution is 2.19. The van der Waals surface area contributed by atoms with Crippen LogP contribution in [0.1, 0.15) is 26.2 Å². The van der Waals surface area contributed by atoms with Gasteiger partial charge in [-0.15, -0.1) is 0 Å². The summed E-state index contributed by atoms with van der Waals surface area (Å²) in [5, 5.41) is 11.3. The Kier molecular flexibility index (Phi) is 6.63. The quantitative estimate of drug-likeness (QED) is 0.756. The number of halogens is 1. The molecular formula is C15H21FN4O. The normalized spacial score (nSPS) is 12.0. The number of amides is 1. The van der Waals surface area contributed by atoms with Crippen molar-refractivity contribution in [3.8, 4) is 6.07 Å². The average Bonchev–Trinajstić information content (AvgIpc) is 2.42. The molecule has 0 saturated carbocycles. The minimum atomic E-state index is -0.432. The van der Waals surface area contributed by atoms with Gasteiger partial charge in [0.25, 0.3) is 0 Å². The summed E-state index contributed by atoms with van der Waals surface area (Å²) < 4.78 is 12.9. The Labute approximate surface area is 124 Å². The van der Waals surface area contributed by atoms with E-state index in [0.29, 0.717) is 24.9 Å². The monoisotopic (exact) mass is 292 g/mol. The molecule has 21 heavy (non-hydrogen) atoms. The maximum Gasteiger partial charge on any atom is 0.224 e. The number of nitriles is 1. The third-order valence-electron chi connectivity index (χ3n) is 3.34. The highest BCUT2D eigenvalue weighted by Gasteiger charge is 2.10. The number of hydrogen-bond donors (Lipinski definition) is 2. The molecule has 1 unspecified atom stereocenters. The van der Waals surface area contributed by atoms with Gasteiger partial charge in [0.2, 0.25) is 5.91 Å². The molecular weight excluding hydrogens is 271 g/mol. The third kappa shape index (κ3) is 5.79. The van der Waals surface area contributed by atoms with Crippen LogP contribution in [0, 0.1) is 17.1 Å². The smallest absolute Gasteiger partial charge is 0.224 e. The fraction of sp³-hybridized carbons (Fsp3) is 0.467. The van der Waals surface area contributed by atoms with Crippen LogP contribution in [0.2, 0.25) is 0 Å². The number of anilines is 2. The van der Waals surface area contributed by atoms with Crippen molar-refractivity contribution in [2.24, 2.45) is 0 Å². The van der Waals surface area contributed by atoms with Gasteiger partial charge in [-0.1, -0.05) is 0 Å². The summed E-state index contributed by atoms with van der Waals surface area (Å²) in [4.78, 5) is 13.8. The van der Waals surface area contributed by atoms with E-state index in [0.717, 1.165) is 6.54 Å². The van der Waals surface area contributed by atoms with Gasteiger partial charge in [-0.3, -0.25) is 4.79 Å². The molecule has 1 atom stereocenters. The molecule has 5 nitrogen and oxygen atoms in total. The molecule has 6 heteroatoms. The zero-order chi connectivity index (χ0) is 15.8. The largest absolute Gasteiger partial charge is 0.397 e. The summed E-state index contributed by atoms with van der Waals surface area (Å²) in [6, 6.07) is 6.17. The predicted octanol–water partition coefficient (Wildman–Crippen LogP) is 2.36. The van der Waals surface area contributed by atoms with Crippen LogP contribution in [0.5, 0.6) is 0 Å². The van der Waals surface area contributed by atoms with Crippen LogP contribution in [0.4, 0.5) is 15.8 Å². The summed E-state index contributed by atoms with van der Waals surface area (Å²) in [7, 11) is 1.93. The molecule has 0 aliphatic heterocycles. The second kappa shape index (κ2) is 8.22. The number of rotatable bonds is 7. The van der Waals surface area contributed by atoms with Gasteiger partial charge in [0.1, 0.15) is 5.82 Å². The lowest BCUT2D eigenvalue weighted by Crippen LogP contribution is -2.30. The molecule has 0 spiro atoms. The minimum absolute atomic E-state index is 0.158. The molecule has 1 rings (SSSR count). The Bertz CT molecular complexity index is 527. The predicted molar refractivity (Wildman–Crippen MR) is 81.0 cm³/mol. The van der Waals surface area contributed by atoms with Crippen molar-refractivity contribution < 1.29 is 9.18 Å². The fourth-order valence-electron chi connectivity index (χ4n) is 1.86. The standard InChI is InChI=1S/C15H21FN4O/c1-11(7-8-17)20(2)9-3-4-15(21)19-14-6-5-12(16)10-13(14)18/h5-6,10-11H,3-4,7,9,18H2,1-2H3,(H,19,21). The topological polar surface area (TPSA) is 82.2 Å². The molecule has 1 aromatic rings. The summed E-state index contributed by atoms with van der Waals surface area (Å²) in [5.74, 6) is -0.590. The van der Waals surface area contributed by atoms with Crippen molar-refractivity contribution in [3.05, 3.63) is 24.0 Å². The molecule has 3 N–H and O–H groups in total. The van der Waals surface area contributed by atoms with Crippen LogP contribution >= 0.6 is 0 Å². The third-order valence-corrected chi connectivity index (χ3v) is 3.34. The van der Waals surface area contributed by atoms with E-state index in [1.807, 2.05) is 18.9 Å². The number of nitrogens with two attached hydrogens (primary N) is 1. The van der Waals surface area contributed by atoms with Crippen molar-refractivity contribution in [2.45, 2.75) is 32.2 Å². The van der Waals surface area contributed by atoms with Gasteiger partial charge >= 0.3 is 0 Å². The summed E-state index contributed by atoms with van der Waals surface area (Å²) in [5.41, 5.74) is 6.26. The van der Waals surface area contributed by atoms with Gasteiger partial charge in [0, 0.05) is 12.5 Å². The minimum Gasteiger partial charge on any atom is -0.397 e. The maximum atomic E-state index is 12.9. The zero-order valence-corrected chi connectivity index (χ0v) is 12.4. The molecule has 0 fully saturated rings. The van der Waals surface area contributed by atoms with E-state index in [1.54, 1.807) is 0 Å². The number of benzene rings is 1. The summed E-state index contributed by atoms with van der Waals surface area (Å²) in [6.07, 6.45) is 1.49. The molecule has 114 valence electrons. The SMILES string of the molecule is CC(CC#N)N(C)CCCC(=O)Nc1ccc(F)cc1N. The van der Waals surface area contributed by atoms with Crippen molar-refractivity contribution in [1.82, 2.24) is 4.90 Å². The highest BCUT2D eigenvalue weighted by atomic mass is 19.1. The van der Waals surface area contributed by atoms with Gasteiger partial charge in [-0.05, 0) is 45.1 Å². The molecule has 0 radical (unpaired) electrons. The first kappa shape index (κ1) is 16.9. The second-order valence-corrected chi connectivity index (χ2v) is 5.08. The molecule has 0 aliphatic carbocycles. The first-order chi connectivity index (χ1) is 9.93. The molecule has 0 aliphatic rings. The molecule has 1 amide bonds. The van der Waals surface area contributed by atoms with Crippen molar-refractivity contribution in [2.75, 3.05) is 24.6 Å². The van der Waals surface area contributed by atoms with Crippen LogP contribution in [-0.4, -0.2) is 30.4 Å². The second-order valence-electron chi connectivity index (χ2n) is 5.08. The van der Waals surface area contributed by atoms with E-state index in [-0.39, 0.29) is 17.6 Å². The Balaban J connectivity index is 2.36. The number of nitrogen functional groups attached to an aromatic ring is 1. The van der Waals surface area contributed by atoms with E-state index in [4.69, 9.17) is 11.0 Å². The van der Waals surface area contributed by atoms with E-state index in [2.05, 4.69) is 11.4 Å². The number of hydrogen-bond acceptors (Lipinski definition) is 4. The Hall–Kier alpha value is -2.13. The van der Waals surface area contributed by atoms with Crippen molar-refractivity contribution in [3.63, 3.8) is 0 Å². The number of carbonyl (C=O) groups excluding carboxylic acids is 1. The van der Waals surface area contributed by atoms with Crippen LogP contribution in [0.3, 0.4) is 0 Å². The van der Waals surface area contributed by atoms with Gasteiger partial charge in [-0.25, -0.2) is 4.39 Å². The summed E-state index contributed by atoms with van der Waals surface area (Å²) in [6.45, 7) is 2.71. The van der Waals surface area contributed by atoms with Crippen LogP contribution in [-0.2, 0) is 4.79 Å². The fourth-order valence-corrected chi connectivity index (χ4v) is 1.86. The Morgan fingerprint density at radius 2 is 2.29 bits per heavy atom. The first-order valence-electron chi connectivity index (χ1n) is 6.86. The first-order valence-corrected chi connectivity index (χ1v) is 6.86. The Morgan fingerprint density at radius 3 is 2.90 bits per heavy atom. The lowest BCUT2D eigenvalue weighted by atomic mass is 10.2. The summed E-state index contributed by atoms with van der Waals surface area (Å²) >= 11 is 0. The van der Waals surface area contributed by atoms with Crippen LogP contribution < -0.4 is 11.1 Å². The number of nitrogens with one attached hydrogen (secondary N) is 1. The van der Waals surface area contributed by atoms with Crippen molar-refractivity contribution >= 4 is 17.3 Å². The van der Waals surface area contributed by atoms with Gasteiger partial charge in [0.15, 0.2) is 0 Å². The van der Waals surface area contributed by atoms with E-state index in [1.165, 1.54) is 18.2 Å². The lowest BCUT2D eigenvalue weighted by Gasteiger charge is -2.22. The Morgan fingerprint density at radius 1 is 1.57 bits per heavy atom. The van der Waals surface area contributed by atoms with Crippen LogP contribution in [0.25, 0.3) is 0 Å². The number of carbonyl (C=O) groups is 1. The maximum absolute atomic E-state index is 12.9. The lowest BCUT2D eigenvalue weighted by molar-refractivity contribution is -0.116. The molecule has 0 aromatic heterocycles.